The standard InChI is InChI=1S/C14H18N2/c1-3-4-10-16-12(2)14(11-15)13-8-6-5-7-9-13/h5-9,16H,3-4,10H2,1-2H3/b14-12-. The maximum atomic E-state index is 9.16. The monoisotopic (exact) mass is 214 g/mol. The van der Waals surface area contributed by atoms with Gasteiger partial charge in [-0.25, -0.2) is 0 Å². The van der Waals surface area contributed by atoms with Gasteiger partial charge in [-0.3, -0.25) is 0 Å². The molecular weight excluding hydrogens is 196 g/mol. The predicted molar refractivity (Wildman–Crippen MR) is 67.6 cm³/mol. The molecule has 1 N–H and O–H groups in total. The van der Waals surface area contributed by atoms with Crippen molar-refractivity contribution in [1.82, 2.24) is 5.32 Å². The Morgan fingerprint density at radius 2 is 2.00 bits per heavy atom. The van der Waals surface area contributed by atoms with Crippen LogP contribution >= 0.6 is 0 Å². The fourth-order valence-corrected chi connectivity index (χ4v) is 1.51. The molecule has 0 radical (unpaired) electrons. The van der Waals surface area contributed by atoms with Gasteiger partial charge in [-0.15, -0.1) is 0 Å². The van der Waals surface area contributed by atoms with Crippen LogP contribution in [0.5, 0.6) is 0 Å². The Kier molecular flexibility index (Phi) is 5.15. The molecule has 0 amide bonds. The second kappa shape index (κ2) is 6.68. The summed E-state index contributed by atoms with van der Waals surface area (Å²) in [6, 6.07) is 12.0. The number of nitrogens with one attached hydrogen (secondary N) is 1. The summed E-state index contributed by atoms with van der Waals surface area (Å²) in [6.45, 7) is 5.05. The first-order chi connectivity index (χ1) is 7.79. The van der Waals surface area contributed by atoms with Crippen LogP contribution in [0.25, 0.3) is 5.57 Å². The van der Waals surface area contributed by atoms with E-state index in [0.717, 1.165) is 36.2 Å². The highest BCUT2D eigenvalue weighted by atomic mass is 14.9. The Labute approximate surface area is 97.6 Å². The van der Waals surface area contributed by atoms with Crippen molar-refractivity contribution in [1.29, 1.82) is 5.26 Å². The Balaban J connectivity index is 2.81. The molecule has 0 aliphatic rings. The predicted octanol–water partition coefficient (Wildman–Crippen LogP) is 3.33. The van der Waals surface area contributed by atoms with Gasteiger partial charge in [0.15, 0.2) is 0 Å². The van der Waals surface area contributed by atoms with Gasteiger partial charge in [0.25, 0.3) is 0 Å². The molecule has 16 heavy (non-hydrogen) atoms. The smallest absolute Gasteiger partial charge is 0.102 e. The Hall–Kier alpha value is -1.75. The van der Waals surface area contributed by atoms with Gasteiger partial charge in [-0.1, -0.05) is 43.7 Å². The highest BCUT2D eigenvalue weighted by Gasteiger charge is 2.03. The summed E-state index contributed by atoms with van der Waals surface area (Å²) in [5.74, 6) is 0. The second-order valence-electron chi connectivity index (χ2n) is 3.76. The average molecular weight is 214 g/mol. The van der Waals surface area contributed by atoms with E-state index in [1.807, 2.05) is 37.3 Å². The normalized spacial score (nSPS) is 11.6. The van der Waals surface area contributed by atoms with Gasteiger partial charge in [0.1, 0.15) is 6.07 Å². The fraction of sp³-hybridized carbons (Fsp3) is 0.357. The number of benzene rings is 1. The van der Waals surface area contributed by atoms with Crippen molar-refractivity contribution in [2.45, 2.75) is 26.7 Å². The zero-order chi connectivity index (χ0) is 11.8. The summed E-state index contributed by atoms with van der Waals surface area (Å²) in [5, 5.41) is 12.4. The molecule has 0 atom stereocenters. The zero-order valence-electron chi connectivity index (χ0n) is 9.96. The molecule has 0 saturated carbocycles. The van der Waals surface area contributed by atoms with Crippen LogP contribution in [0, 0.1) is 11.3 Å². The van der Waals surface area contributed by atoms with E-state index in [0.29, 0.717) is 0 Å². The minimum absolute atomic E-state index is 0.733. The highest BCUT2D eigenvalue weighted by molar-refractivity contribution is 5.78. The first-order valence-corrected chi connectivity index (χ1v) is 5.69. The van der Waals surface area contributed by atoms with E-state index < -0.39 is 0 Å². The molecule has 1 aromatic rings. The van der Waals surface area contributed by atoms with Gasteiger partial charge in [0.05, 0.1) is 5.57 Å². The van der Waals surface area contributed by atoms with Crippen molar-refractivity contribution < 1.29 is 0 Å². The molecule has 0 unspecified atom stereocenters. The fourth-order valence-electron chi connectivity index (χ4n) is 1.51. The van der Waals surface area contributed by atoms with Crippen LogP contribution in [-0.4, -0.2) is 6.54 Å². The summed E-state index contributed by atoms with van der Waals surface area (Å²) in [5.41, 5.74) is 2.67. The van der Waals surface area contributed by atoms with E-state index in [1.165, 1.54) is 0 Å². The van der Waals surface area contributed by atoms with E-state index in [-0.39, 0.29) is 0 Å². The molecule has 2 nitrogen and oxygen atoms in total. The maximum absolute atomic E-state index is 9.16. The summed E-state index contributed by atoms with van der Waals surface area (Å²) in [6.07, 6.45) is 2.29. The van der Waals surface area contributed by atoms with Crippen LogP contribution in [0.15, 0.2) is 36.0 Å². The number of nitriles is 1. The molecule has 0 aromatic heterocycles. The first kappa shape index (κ1) is 12.3. The minimum atomic E-state index is 0.733. The quantitative estimate of drug-likeness (QED) is 0.603. The van der Waals surface area contributed by atoms with Crippen LogP contribution in [0.4, 0.5) is 0 Å². The summed E-state index contributed by atoms with van der Waals surface area (Å²) < 4.78 is 0. The van der Waals surface area contributed by atoms with Gasteiger partial charge in [-0.05, 0) is 18.9 Å². The van der Waals surface area contributed by atoms with Crippen molar-refractivity contribution in [3.63, 3.8) is 0 Å². The van der Waals surface area contributed by atoms with E-state index in [2.05, 4.69) is 18.3 Å². The molecule has 1 rings (SSSR count). The van der Waals surface area contributed by atoms with Crippen LogP contribution in [0.1, 0.15) is 32.3 Å². The summed E-state index contributed by atoms with van der Waals surface area (Å²) in [7, 11) is 0. The van der Waals surface area contributed by atoms with Crippen LogP contribution < -0.4 is 5.32 Å². The number of nitrogens with zero attached hydrogens (tertiary/aromatic N) is 1. The average Bonchev–Trinajstić information content (AvgIpc) is 2.32. The Bertz CT molecular complexity index is 385. The number of hydrogen-bond donors (Lipinski definition) is 1. The lowest BCUT2D eigenvalue weighted by atomic mass is 10.1. The topological polar surface area (TPSA) is 35.8 Å². The van der Waals surface area contributed by atoms with Crippen molar-refractivity contribution in [3.8, 4) is 6.07 Å². The molecule has 0 aliphatic carbocycles. The number of allylic oxidation sites excluding steroid dienone is 2. The second-order valence-corrected chi connectivity index (χ2v) is 3.76. The minimum Gasteiger partial charge on any atom is -0.387 e. The largest absolute Gasteiger partial charge is 0.387 e. The van der Waals surface area contributed by atoms with Crippen molar-refractivity contribution >= 4 is 5.57 Å². The van der Waals surface area contributed by atoms with Crippen LogP contribution in [-0.2, 0) is 0 Å². The molecule has 0 spiro atoms. The van der Waals surface area contributed by atoms with Gasteiger partial charge in [0, 0.05) is 12.2 Å². The summed E-state index contributed by atoms with van der Waals surface area (Å²) >= 11 is 0. The molecule has 2 heteroatoms. The van der Waals surface area contributed by atoms with Gasteiger partial charge >= 0.3 is 0 Å². The SMILES string of the molecule is CCCCN/C(C)=C(/C#N)c1ccccc1. The van der Waals surface area contributed by atoms with Gasteiger partial charge < -0.3 is 5.32 Å². The molecule has 0 fully saturated rings. The molecule has 0 bridgehead atoms. The maximum Gasteiger partial charge on any atom is 0.102 e. The first-order valence-electron chi connectivity index (χ1n) is 5.69. The lowest BCUT2D eigenvalue weighted by Gasteiger charge is -2.08. The molecule has 0 saturated heterocycles. The van der Waals surface area contributed by atoms with Crippen molar-refractivity contribution in [2.75, 3.05) is 6.54 Å². The molecule has 84 valence electrons. The molecular formula is C14H18N2. The third kappa shape index (κ3) is 3.43. The molecule has 0 heterocycles. The lowest BCUT2D eigenvalue weighted by molar-refractivity contribution is 0.712. The third-order valence-corrected chi connectivity index (χ3v) is 2.47. The molecule has 1 aromatic carbocycles. The summed E-state index contributed by atoms with van der Waals surface area (Å²) in [4.78, 5) is 0. The van der Waals surface area contributed by atoms with E-state index in [1.54, 1.807) is 0 Å². The van der Waals surface area contributed by atoms with E-state index in [4.69, 9.17) is 5.26 Å². The number of unbranched alkanes of at least 4 members (excludes halogenated alkanes) is 1. The third-order valence-electron chi connectivity index (χ3n) is 2.47. The van der Waals surface area contributed by atoms with Gasteiger partial charge in [0.2, 0.25) is 0 Å². The zero-order valence-corrected chi connectivity index (χ0v) is 9.96. The Morgan fingerprint density at radius 1 is 1.31 bits per heavy atom. The van der Waals surface area contributed by atoms with E-state index >= 15 is 0 Å². The van der Waals surface area contributed by atoms with Crippen molar-refractivity contribution in [3.05, 3.63) is 41.6 Å². The van der Waals surface area contributed by atoms with Crippen molar-refractivity contribution in [2.24, 2.45) is 0 Å². The van der Waals surface area contributed by atoms with Crippen LogP contribution in [0.3, 0.4) is 0 Å². The lowest BCUT2D eigenvalue weighted by Crippen LogP contribution is -2.13. The van der Waals surface area contributed by atoms with Crippen LogP contribution in [0.2, 0.25) is 0 Å². The number of rotatable bonds is 5. The highest BCUT2D eigenvalue weighted by Crippen LogP contribution is 2.15. The van der Waals surface area contributed by atoms with E-state index in [9.17, 15) is 0 Å². The van der Waals surface area contributed by atoms with Gasteiger partial charge in [-0.2, -0.15) is 5.26 Å². The Morgan fingerprint density at radius 3 is 2.56 bits per heavy atom. The number of hydrogen-bond acceptors (Lipinski definition) is 2. The molecule has 0 aliphatic heterocycles.